The molecule has 0 spiro atoms. The Labute approximate surface area is 219 Å². The molecule has 0 heterocycles. The third-order valence-electron chi connectivity index (χ3n) is 6.00. The number of para-hydroxylation sites is 2. The van der Waals surface area contributed by atoms with E-state index in [0.717, 1.165) is 36.4 Å². The van der Waals surface area contributed by atoms with Gasteiger partial charge < -0.3 is 20.9 Å². The zero-order valence-electron chi connectivity index (χ0n) is 20.0. The first-order valence-electron chi connectivity index (χ1n) is 11.3. The molecular formula is C27H22F6N4O2. The lowest BCUT2D eigenvalue weighted by Gasteiger charge is -2.44. The number of ether oxygens (including phenoxy) is 2. The molecule has 1 unspecified atom stereocenters. The van der Waals surface area contributed by atoms with Gasteiger partial charge in [0.05, 0.1) is 5.34 Å². The molecule has 4 aromatic rings. The van der Waals surface area contributed by atoms with Gasteiger partial charge in [-0.05, 0) is 60.7 Å². The molecule has 0 aromatic heterocycles. The molecule has 4 aromatic carbocycles. The quantitative estimate of drug-likeness (QED) is 0.0726. The Bertz CT molecular complexity index is 1340. The first-order valence-corrected chi connectivity index (χ1v) is 11.3. The van der Waals surface area contributed by atoms with Gasteiger partial charge in [-0.2, -0.15) is 13.2 Å². The Morgan fingerprint density at radius 2 is 0.923 bits per heavy atom. The molecule has 0 aliphatic heterocycles. The number of nitrogen functional groups attached to an aromatic ring is 2. The van der Waals surface area contributed by atoms with Crippen LogP contribution in [-0.4, -0.2) is 17.4 Å². The number of halogens is 6. The lowest BCUT2D eigenvalue weighted by molar-refractivity contribution is -0.340. The van der Waals surface area contributed by atoms with Crippen LogP contribution in [0, 0.1) is 0 Å². The zero-order valence-corrected chi connectivity index (χ0v) is 20.0. The highest BCUT2D eigenvalue weighted by Crippen LogP contribution is 2.58. The maximum atomic E-state index is 16.0. The number of alkyl halides is 4. The van der Waals surface area contributed by atoms with Crippen molar-refractivity contribution in [3.8, 4) is 23.0 Å². The number of hydrogen-bond acceptors (Lipinski definition) is 6. The highest BCUT2D eigenvalue weighted by molar-refractivity contribution is 5.57. The maximum absolute atomic E-state index is 16.0. The van der Waals surface area contributed by atoms with Crippen LogP contribution in [-0.2, 0) is 5.41 Å². The summed E-state index contributed by atoms with van der Waals surface area (Å²) in [6.07, 6.45) is -5.77. The molecule has 12 heteroatoms. The van der Waals surface area contributed by atoms with Crippen LogP contribution in [0.15, 0.2) is 97.1 Å². The summed E-state index contributed by atoms with van der Waals surface area (Å²) in [6, 6.07) is 19.7. The minimum absolute atomic E-state index is 0.0120. The minimum atomic E-state index is -5.77. The van der Waals surface area contributed by atoms with E-state index < -0.39 is 45.5 Å². The normalized spacial score (nSPS) is 13.6. The summed E-state index contributed by atoms with van der Waals surface area (Å²) in [5, 5.41) is -2.32. The van der Waals surface area contributed by atoms with Crippen molar-refractivity contribution < 1.29 is 36.0 Å². The van der Waals surface area contributed by atoms with Crippen molar-refractivity contribution in [2.75, 3.05) is 11.5 Å². The second-order valence-electron chi connectivity index (χ2n) is 8.49. The average molecular weight is 548 g/mol. The Morgan fingerprint density at radius 3 is 1.26 bits per heavy atom. The van der Waals surface area contributed by atoms with Crippen molar-refractivity contribution in [1.82, 2.24) is 5.34 Å². The molecule has 1 atom stereocenters. The molecule has 0 bridgehead atoms. The standard InChI is InChI=1S/C27H22F6N4O2/c28-26(29,30)25(27(31,36)37(32)33,21-5-1-3-7-23(21)38-19-13-9-17(34)10-14-19)22-6-2-4-8-24(22)39-20-15-11-18(35)12-16-20/h1-16H,34-36H2. The molecule has 0 radical (unpaired) electrons. The topological polar surface area (TPSA) is 99.8 Å². The molecule has 0 saturated carbocycles. The van der Waals surface area contributed by atoms with E-state index in [1.54, 1.807) is 0 Å². The molecule has 4 rings (SSSR count). The lowest BCUT2D eigenvalue weighted by atomic mass is 9.69. The first kappa shape index (κ1) is 27.6. The van der Waals surface area contributed by atoms with Gasteiger partial charge in [0.1, 0.15) is 23.0 Å². The van der Waals surface area contributed by atoms with Gasteiger partial charge in [0, 0.05) is 22.5 Å². The van der Waals surface area contributed by atoms with Crippen LogP contribution in [0.5, 0.6) is 23.0 Å². The van der Waals surface area contributed by atoms with Crippen LogP contribution in [0.4, 0.5) is 37.9 Å². The molecule has 39 heavy (non-hydrogen) atoms. The summed E-state index contributed by atoms with van der Waals surface area (Å²) in [5.74, 6) is -6.00. The molecule has 6 nitrogen and oxygen atoms in total. The van der Waals surface area contributed by atoms with E-state index in [4.69, 9.17) is 26.7 Å². The Balaban J connectivity index is 2.03. The SMILES string of the molecule is Nc1ccc(Oc2ccccc2C(c2ccccc2Oc2ccc(N)cc2)(C(F)(F)F)C(N)(F)N(F)F)cc1. The summed E-state index contributed by atoms with van der Waals surface area (Å²) in [6.45, 7) is 0. The van der Waals surface area contributed by atoms with E-state index in [-0.39, 0.29) is 11.5 Å². The number of rotatable bonds is 8. The monoisotopic (exact) mass is 548 g/mol. The van der Waals surface area contributed by atoms with Gasteiger partial charge in [-0.1, -0.05) is 45.4 Å². The summed E-state index contributed by atoms with van der Waals surface area (Å²) < 4.78 is 102. The predicted molar refractivity (Wildman–Crippen MR) is 134 cm³/mol. The molecule has 0 saturated heterocycles. The van der Waals surface area contributed by atoms with Gasteiger partial charge in [0.15, 0.2) is 5.41 Å². The number of nitrogens with two attached hydrogens (primary N) is 3. The van der Waals surface area contributed by atoms with E-state index in [9.17, 15) is 8.96 Å². The number of anilines is 2. The van der Waals surface area contributed by atoms with Gasteiger partial charge in [-0.15, -0.1) is 0 Å². The summed E-state index contributed by atoms with van der Waals surface area (Å²) >= 11 is 0. The molecule has 6 N–H and O–H groups in total. The van der Waals surface area contributed by atoms with E-state index in [2.05, 4.69) is 0 Å². The molecule has 0 amide bonds. The van der Waals surface area contributed by atoms with Crippen molar-refractivity contribution in [3.63, 3.8) is 0 Å². The molecule has 0 fully saturated rings. The van der Waals surface area contributed by atoms with E-state index in [0.29, 0.717) is 11.4 Å². The lowest BCUT2D eigenvalue weighted by Crippen LogP contribution is -2.68. The fraction of sp³-hybridized carbons (Fsp3) is 0.111. The van der Waals surface area contributed by atoms with Crippen molar-refractivity contribution in [2.24, 2.45) is 5.73 Å². The second-order valence-corrected chi connectivity index (χ2v) is 8.49. The second kappa shape index (κ2) is 10.4. The minimum Gasteiger partial charge on any atom is -0.457 e. The number of hydrogen-bond donors (Lipinski definition) is 3. The summed E-state index contributed by atoms with van der Waals surface area (Å²) in [5.41, 5.74) is 11.0. The fourth-order valence-corrected chi connectivity index (χ4v) is 4.21. The van der Waals surface area contributed by atoms with Crippen molar-refractivity contribution >= 4 is 11.4 Å². The smallest absolute Gasteiger partial charge is 0.408 e. The Morgan fingerprint density at radius 1 is 0.564 bits per heavy atom. The number of nitrogens with zero attached hydrogens (tertiary/aromatic N) is 1. The fourth-order valence-electron chi connectivity index (χ4n) is 4.21. The predicted octanol–water partition coefficient (Wildman–Crippen LogP) is 6.94. The molecule has 0 aliphatic rings. The van der Waals surface area contributed by atoms with Gasteiger partial charge in [0.25, 0.3) is 5.92 Å². The molecule has 0 aliphatic carbocycles. The zero-order chi connectivity index (χ0) is 28.4. The third kappa shape index (κ3) is 5.03. The number of benzene rings is 4. The maximum Gasteiger partial charge on any atom is 0.408 e. The molecular weight excluding hydrogens is 526 g/mol. The highest BCUT2D eigenvalue weighted by atomic mass is 19.4. The van der Waals surface area contributed by atoms with E-state index in [1.165, 1.54) is 60.7 Å². The van der Waals surface area contributed by atoms with Crippen molar-refractivity contribution in [2.45, 2.75) is 17.5 Å². The molecule has 204 valence electrons. The third-order valence-corrected chi connectivity index (χ3v) is 6.00. The van der Waals surface area contributed by atoms with Crippen LogP contribution in [0.1, 0.15) is 11.1 Å². The Hall–Kier alpha value is -4.42. The van der Waals surface area contributed by atoms with Gasteiger partial charge in [0.2, 0.25) is 0 Å². The van der Waals surface area contributed by atoms with Crippen molar-refractivity contribution in [1.29, 1.82) is 0 Å². The summed E-state index contributed by atoms with van der Waals surface area (Å²) in [7, 11) is 0. The van der Waals surface area contributed by atoms with Crippen LogP contribution >= 0.6 is 0 Å². The van der Waals surface area contributed by atoms with E-state index in [1.807, 2.05) is 0 Å². The van der Waals surface area contributed by atoms with Crippen LogP contribution in [0.2, 0.25) is 0 Å². The first-order chi connectivity index (χ1) is 18.4. The highest BCUT2D eigenvalue weighted by Gasteiger charge is 2.74. The summed E-state index contributed by atoms with van der Waals surface area (Å²) in [4.78, 5) is 0. The van der Waals surface area contributed by atoms with Crippen LogP contribution in [0.3, 0.4) is 0 Å². The van der Waals surface area contributed by atoms with Gasteiger partial charge >= 0.3 is 6.18 Å². The van der Waals surface area contributed by atoms with Crippen LogP contribution in [0.25, 0.3) is 0 Å². The van der Waals surface area contributed by atoms with Gasteiger partial charge in [-0.3, -0.25) is 5.73 Å². The van der Waals surface area contributed by atoms with Crippen molar-refractivity contribution in [3.05, 3.63) is 108 Å². The largest absolute Gasteiger partial charge is 0.457 e. The van der Waals surface area contributed by atoms with E-state index >= 15 is 17.6 Å². The van der Waals surface area contributed by atoms with Crippen LogP contribution < -0.4 is 26.7 Å². The Kier molecular flexibility index (Phi) is 7.35. The average Bonchev–Trinajstić information content (AvgIpc) is 2.88. The van der Waals surface area contributed by atoms with Gasteiger partial charge in [-0.25, -0.2) is 4.39 Å².